The van der Waals surface area contributed by atoms with Crippen molar-refractivity contribution in [1.29, 1.82) is 5.26 Å². The molecule has 4 nitrogen and oxygen atoms in total. The van der Waals surface area contributed by atoms with Gasteiger partial charge in [0.25, 0.3) is 0 Å². The van der Waals surface area contributed by atoms with E-state index in [0.717, 1.165) is 6.07 Å². The largest absolute Gasteiger partial charge is 0.417 e. The molecule has 2 aromatic rings. The highest BCUT2D eigenvalue weighted by Gasteiger charge is 2.33. The molecule has 8 heteroatoms. The molecule has 0 amide bonds. The molecule has 0 fully saturated rings. The molecule has 0 aliphatic carbocycles. The van der Waals surface area contributed by atoms with Crippen LogP contribution in [0.3, 0.4) is 0 Å². The van der Waals surface area contributed by atoms with Crippen LogP contribution in [0.2, 0.25) is 0 Å². The Bertz CT molecular complexity index is 662. The first-order valence-corrected chi connectivity index (χ1v) is 6.05. The first-order chi connectivity index (χ1) is 9.40. The van der Waals surface area contributed by atoms with Crippen LogP contribution < -0.4 is 5.32 Å². The second kappa shape index (κ2) is 5.46. The zero-order valence-corrected chi connectivity index (χ0v) is 11.3. The normalized spacial score (nSPS) is 10.9. The fourth-order valence-corrected chi connectivity index (χ4v) is 1.89. The summed E-state index contributed by atoms with van der Waals surface area (Å²) in [7, 11) is 0. The van der Waals surface area contributed by atoms with Crippen molar-refractivity contribution in [3.63, 3.8) is 0 Å². The van der Waals surface area contributed by atoms with Gasteiger partial charge in [-0.25, -0.2) is 9.97 Å². The summed E-state index contributed by atoms with van der Waals surface area (Å²) in [6, 6.07) is 5.53. The Labute approximate surface area is 120 Å². The summed E-state index contributed by atoms with van der Waals surface area (Å²) in [5.41, 5.74) is -0.439. The number of anilines is 2. The minimum Gasteiger partial charge on any atom is -0.339 e. The fourth-order valence-electron chi connectivity index (χ4n) is 1.42. The molecule has 0 saturated heterocycles. The highest BCUT2D eigenvalue weighted by atomic mass is 79.9. The van der Waals surface area contributed by atoms with Crippen molar-refractivity contribution in [3.05, 3.63) is 46.3 Å². The third-order valence-electron chi connectivity index (χ3n) is 2.31. The van der Waals surface area contributed by atoms with Crippen molar-refractivity contribution in [2.45, 2.75) is 6.18 Å². The van der Waals surface area contributed by atoms with Crippen LogP contribution in [0.25, 0.3) is 0 Å². The SMILES string of the molecule is N#Cc1cnc(Nc2ccc(Br)c(C(F)(F)F)c2)cn1. The minimum absolute atomic E-state index is 0.0403. The van der Waals surface area contributed by atoms with Gasteiger partial charge in [0.05, 0.1) is 18.0 Å². The standard InChI is InChI=1S/C12H6BrF3N4/c13-10-2-1-7(3-9(10)12(14,15)16)20-11-6-18-8(4-17)5-19-11/h1-3,5-6H,(H,19,20). The molecule has 2 rings (SSSR count). The maximum Gasteiger partial charge on any atom is 0.417 e. The van der Waals surface area contributed by atoms with E-state index in [4.69, 9.17) is 5.26 Å². The predicted octanol–water partition coefficient (Wildman–Crippen LogP) is 3.87. The lowest BCUT2D eigenvalue weighted by Crippen LogP contribution is -2.07. The smallest absolute Gasteiger partial charge is 0.339 e. The Balaban J connectivity index is 2.28. The van der Waals surface area contributed by atoms with Crippen molar-refractivity contribution in [3.8, 4) is 6.07 Å². The van der Waals surface area contributed by atoms with Gasteiger partial charge in [-0.05, 0) is 18.2 Å². The summed E-state index contributed by atoms with van der Waals surface area (Å²) in [4.78, 5) is 7.63. The lowest BCUT2D eigenvalue weighted by atomic mass is 10.2. The van der Waals surface area contributed by atoms with Crippen LogP contribution >= 0.6 is 15.9 Å². The van der Waals surface area contributed by atoms with Crippen LogP contribution in [0.15, 0.2) is 35.1 Å². The third-order valence-corrected chi connectivity index (χ3v) is 3.00. The molecule has 0 aliphatic rings. The second-order valence-corrected chi connectivity index (χ2v) is 4.57. The summed E-state index contributed by atoms with van der Waals surface area (Å²) < 4.78 is 38.2. The van der Waals surface area contributed by atoms with Gasteiger partial charge in [0.2, 0.25) is 0 Å². The Morgan fingerprint density at radius 1 is 1.20 bits per heavy atom. The van der Waals surface area contributed by atoms with E-state index >= 15 is 0 Å². The maximum absolute atomic E-state index is 12.7. The predicted molar refractivity (Wildman–Crippen MR) is 69.2 cm³/mol. The number of halogens is 4. The molecule has 20 heavy (non-hydrogen) atoms. The van der Waals surface area contributed by atoms with Gasteiger partial charge in [0.15, 0.2) is 5.69 Å². The van der Waals surface area contributed by atoms with Crippen molar-refractivity contribution < 1.29 is 13.2 Å². The number of hydrogen-bond donors (Lipinski definition) is 1. The number of hydrogen-bond acceptors (Lipinski definition) is 4. The Kier molecular flexibility index (Phi) is 3.90. The molecule has 0 spiro atoms. The van der Waals surface area contributed by atoms with E-state index in [-0.39, 0.29) is 21.7 Å². The van der Waals surface area contributed by atoms with E-state index in [0.29, 0.717) is 0 Å². The van der Waals surface area contributed by atoms with Crippen molar-refractivity contribution in [1.82, 2.24) is 9.97 Å². The van der Waals surface area contributed by atoms with E-state index in [1.165, 1.54) is 24.5 Å². The molecule has 102 valence electrons. The van der Waals surface area contributed by atoms with E-state index in [9.17, 15) is 13.2 Å². The quantitative estimate of drug-likeness (QED) is 0.899. The van der Waals surface area contributed by atoms with E-state index in [1.807, 2.05) is 0 Å². The minimum atomic E-state index is -4.45. The van der Waals surface area contributed by atoms with Gasteiger partial charge in [-0.15, -0.1) is 0 Å². The molecule has 1 N–H and O–H groups in total. The third kappa shape index (κ3) is 3.24. The van der Waals surface area contributed by atoms with Crippen LogP contribution in [-0.2, 0) is 6.18 Å². The van der Waals surface area contributed by atoms with Crippen LogP contribution in [0.4, 0.5) is 24.7 Å². The van der Waals surface area contributed by atoms with Crippen LogP contribution in [0, 0.1) is 11.3 Å². The Hall–Kier alpha value is -2.14. The van der Waals surface area contributed by atoms with E-state index in [1.54, 1.807) is 6.07 Å². The molecule has 0 radical (unpaired) electrons. The van der Waals surface area contributed by atoms with Crippen molar-refractivity contribution in [2.75, 3.05) is 5.32 Å². The number of nitriles is 1. The summed E-state index contributed by atoms with van der Waals surface area (Å²) in [5, 5.41) is 11.3. The number of aromatic nitrogens is 2. The molecule has 1 heterocycles. The van der Waals surface area contributed by atoms with Crippen LogP contribution in [0.1, 0.15) is 11.3 Å². The Morgan fingerprint density at radius 2 is 1.95 bits per heavy atom. The lowest BCUT2D eigenvalue weighted by Gasteiger charge is -2.12. The molecule has 0 unspecified atom stereocenters. The zero-order chi connectivity index (χ0) is 14.8. The van der Waals surface area contributed by atoms with Gasteiger partial charge in [0, 0.05) is 10.2 Å². The number of nitrogens with one attached hydrogen (secondary N) is 1. The van der Waals surface area contributed by atoms with Gasteiger partial charge in [-0.1, -0.05) is 15.9 Å². The first-order valence-electron chi connectivity index (χ1n) is 5.26. The zero-order valence-electron chi connectivity index (χ0n) is 9.74. The second-order valence-electron chi connectivity index (χ2n) is 3.72. The average molecular weight is 343 g/mol. The van der Waals surface area contributed by atoms with Gasteiger partial charge >= 0.3 is 6.18 Å². The van der Waals surface area contributed by atoms with E-state index in [2.05, 4.69) is 31.2 Å². The number of alkyl halides is 3. The molecule has 0 saturated carbocycles. The Morgan fingerprint density at radius 3 is 2.50 bits per heavy atom. The summed E-state index contributed by atoms with van der Waals surface area (Å²) in [6.45, 7) is 0. The average Bonchev–Trinajstić information content (AvgIpc) is 2.40. The highest BCUT2D eigenvalue weighted by molar-refractivity contribution is 9.10. The summed E-state index contributed by atoms with van der Waals surface area (Å²) in [5.74, 6) is 0.249. The molecular weight excluding hydrogens is 337 g/mol. The number of nitrogens with zero attached hydrogens (tertiary/aromatic N) is 3. The van der Waals surface area contributed by atoms with Gasteiger partial charge in [-0.3, -0.25) is 0 Å². The number of rotatable bonds is 2. The first kappa shape index (κ1) is 14.3. The maximum atomic E-state index is 12.7. The number of benzene rings is 1. The molecule has 0 bridgehead atoms. The van der Waals surface area contributed by atoms with Crippen molar-refractivity contribution >= 4 is 27.4 Å². The fraction of sp³-hybridized carbons (Fsp3) is 0.0833. The summed E-state index contributed by atoms with van der Waals surface area (Å²) >= 11 is 2.86. The molecule has 0 atom stereocenters. The lowest BCUT2D eigenvalue weighted by molar-refractivity contribution is -0.138. The molecule has 1 aromatic heterocycles. The molecular formula is C12H6BrF3N4. The van der Waals surface area contributed by atoms with Crippen LogP contribution in [0.5, 0.6) is 0 Å². The van der Waals surface area contributed by atoms with Gasteiger partial charge in [0.1, 0.15) is 11.9 Å². The highest BCUT2D eigenvalue weighted by Crippen LogP contribution is 2.36. The molecule has 0 aliphatic heterocycles. The molecule has 1 aromatic carbocycles. The van der Waals surface area contributed by atoms with E-state index < -0.39 is 11.7 Å². The van der Waals surface area contributed by atoms with Crippen molar-refractivity contribution in [2.24, 2.45) is 0 Å². The summed E-state index contributed by atoms with van der Waals surface area (Å²) in [6.07, 6.45) is -1.95. The van der Waals surface area contributed by atoms with Crippen LogP contribution in [-0.4, -0.2) is 9.97 Å². The topological polar surface area (TPSA) is 61.6 Å². The van der Waals surface area contributed by atoms with Gasteiger partial charge in [-0.2, -0.15) is 18.4 Å². The monoisotopic (exact) mass is 342 g/mol. The van der Waals surface area contributed by atoms with Gasteiger partial charge < -0.3 is 5.32 Å².